The van der Waals surface area contributed by atoms with Crippen LogP contribution in [0.1, 0.15) is 21.5 Å². The third-order valence-electron chi connectivity index (χ3n) is 5.60. The van der Waals surface area contributed by atoms with E-state index in [1.165, 1.54) is 0 Å². The van der Waals surface area contributed by atoms with Gasteiger partial charge in [-0.3, -0.25) is 14.4 Å². The third kappa shape index (κ3) is 5.94. The second-order valence-electron chi connectivity index (χ2n) is 7.86. The van der Waals surface area contributed by atoms with Gasteiger partial charge >= 0.3 is 0 Å². The number of amides is 1. The van der Waals surface area contributed by atoms with Gasteiger partial charge < -0.3 is 15.1 Å². The number of fused-ring (bicyclic) bond motifs is 1. The van der Waals surface area contributed by atoms with Crippen LogP contribution in [0.25, 0.3) is 11.0 Å². The monoisotopic (exact) mass is 487 g/mol. The number of halogens is 2. The van der Waals surface area contributed by atoms with Crippen LogP contribution in [-0.4, -0.2) is 46.8 Å². The summed E-state index contributed by atoms with van der Waals surface area (Å²) in [7, 11) is 0. The van der Waals surface area contributed by atoms with Crippen LogP contribution in [0.2, 0.25) is 0 Å². The Labute approximate surface area is 205 Å². The van der Waals surface area contributed by atoms with Gasteiger partial charge in [-0.05, 0) is 23.8 Å². The predicted molar refractivity (Wildman–Crippen MR) is 135 cm³/mol. The van der Waals surface area contributed by atoms with Crippen LogP contribution in [0.3, 0.4) is 0 Å². The molecule has 1 saturated heterocycles. The maximum Gasteiger partial charge on any atom is 0.258 e. The number of nitrogens with zero attached hydrogens (tertiary/aromatic N) is 3. The van der Waals surface area contributed by atoms with Crippen LogP contribution in [0.15, 0.2) is 71.6 Å². The fourth-order valence-electron chi connectivity index (χ4n) is 3.93. The average Bonchev–Trinajstić information content (AvgIpc) is 3.43. The smallest absolute Gasteiger partial charge is 0.258 e. The summed E-state index contributed by atoms with van der Waals surface area (Å²) in [6.45, 7) is 5.54. The number of piperazine rings is 1. The van der Waals surface area contributed by atoms with Gasteiger partial charge in [0.1, 0.15) is 5.58 Å². The lowest BCUT2D eigenvalue weighted by molar-refractivity contribution is 0.102. The number of aromatic nitrogens is 2. The lowest BCUT2D eigenvalue weighted by Gasteiger charge is -2.26. The Bertz CT molecular complexity index is 1190. The number of carbonyl (C=O) groups is 1. The van der Waals surface area contributed by atoms with Crippen LogP contribution < -0.4 is 10.6 Å². The van der Waals surface area contributed by atoms with E-state index in [-0.39, 0.29) is 30.7 Å². The van der Waals surface area contributed by atoms with Gasteiger partial charge in [0, 0.05) is 55.6 Å². The molecule has 0 saturated carbocycles. The number of carbonyl (C=O) groups excluding carboxylic acids is 1. The topological polar surface area (TPSA) is 75.3 Å². The summed E-state index contributed by atoms with van der Waals surface area (Å²) < 4.78 is 7.50. The number of hydrogen-bond donors (Lipinski definition) is 2. The zero-order valence-corrected chi connectivity index (χ0v) is 19.7. The Hall–Kier alpha value is -2.84. The van der Waals surface area contributed by atoms with Crippen LogP contribution >= 0.6 is 24.8 Å². The maximum atomic E-state index is 12.8. The van der Waals surface area contributed by atoms with Crippen LogP contribution in [-0.2, 0) is 13.1 Å². The second kappa shape index (κ2) is 11.3. The molecule has 7 nitrogen and oxygen atoms in total. The van der Waals surface area contributed by atoms with Crippen molar-refractivity contribution in [2.75, 3.05) is 31.5 Å². The van der Waals surface area contributed by atoms with Crippen LogP contribution in [0.5, 0.6) is 0 Å². The molecule has 0 bridgehead atoms. The van der Waals surface area contributed by atoms with Crippen LogP contribution in [0.4, 0.5) is 5.69 Å². The van der Waals surface area contributed by atoms with E-state index in [4.69, 9.17) is 4.42 Å². The fourth-order valence-corrected chi connectivity index (χ4v) is 3.93. The van der Waals surface area contributed by atoms with E-state index >= 15 is 0 Å². The number of furan rings is 1. The van der Waals surface area contributed by atoms with Gasteiger partial charge in [-0.1, -0.05) is 30.3 Å². The molecule has 0 unspecified atom stereocenters. The SMILES string of the molecule is Cl.Cl.O=C(Nc1ccc2occ(CN3CCNCC3)c2c1)c1cnn(Cc2ccccc2)c1. The molecular weight excluding hydrogens is 461 g/mol. The molecule has 9 heteroatoms. The minimum absolute atomic E-state index is 0. The highest BCUT2D eigenvalue weighted by molar-refractivity contribution is 6.04. The van der Waals surface area contributed by atoms with Gasteiger partial charge in [0.05, 0.1) is 24.6 Å². The lowest BCUT2D eigenvalue weighted by Crippen LogP contribution is -2.42. The summed E-state index contributed by atoms with van der Waals surface area (Å²) >= 11 is 0. The van der Waals surface area contributed by atoms with E-state index in [0.29, 0.717) is 12.1 Å². The molecule has 0 atom stereocenters. The van der Waals surface area contributed by atoms with E-state index in [2.05, 4.69) is 20.6 Å². The molecule has 5 rings (SSSR count). The Morgan fingerprint density at radius 3 is 2.64 bits per heavy atom. The van der Waals surface area contributed by atoms with Crippen molar-refractivity contribution in [3.63, 3.8) is 0 Å². The molecular formula is C24H27Cl2N5O2. The van der Waals surface area contributed by atoms with Crippen molar-refractivity contribution in [2.45, 2.75) is 13.1 Å². The summed E-state index contributed by atoms with van der Waals surface area (Å²) in [5.41, 5.74) is 4.39. The number of nitrogens with one attached hydrogen (secondary N) is 2. The second-order valence-corrected chi connectivity index (χ2v) is 7.86. The molecule has 0 radical (unpaired) electrons. The van der Waals surface area contributed by atoms with E-state index < -0.39 is 0 Å². The molecule has 2 aromatic carbocycles. The van der Waals surface area contributed by atoms with Gasteiger partial charge in [0.2, 0.25) is 0 Å². The summed E-state index contributed by atoms with van der Waals surface area (Å²) in [5, 5.41) is 11.7. The minimum Gasteiger partial charge on any atom is -0.464 e. The van der Waals surface area contributed by atoms with Crippen molar-refractivity contribution < 1.29 is 9.21 Å². The van der Waals surface area contributed by atoms with Crippen molar-refractivity contribution in [2.24, 2.45) is 0 Å². The highest BCUT2D eigenvalue weighted by Crippen LogP contribution is 2.26. The van der Waals surface area contributed by atoms with E-state index in [9.17, 15) is 4.79 Å². The molecule has 1 aliphatic heterocycles. The predicted octanol–water partition coefficient (Wildman–Crippen LogP) is 4.18. The lowest BCUT2D eigenvalue weighted by atomic mass is 10.1. The first-order valence-electron chi connectivity index (χ1n) is 10.6. The van der Waals surface area contributed by atoms with Gasteiger partial charge in [-0.2, -0.15) is 5.10 Å². The van der Waals surface area contributed by atoms with Crippen molar-refractivity contribution in [1.29, 1.82) is 0 Å². The largest absolute Gasteiger partial charge is 0.464 e. The Morgan fingerprint density at radius 2 is 1.85 bits per heavy atom. The van der Waals surface area contributed by atoms with Gasteiger partial charge in [-0.25, -0.2) is 0 Å². The van der Waals surface area contributed by atoms with Crippen molar-refractivity contribution >= 4 is 47.4 Å². The molecule has 2 aromatic heterocycles. The minimum atomic E-state index is -0.175. The molecule has 1 amide bonds. The maximum absolute atomic E-state index is 12.8. The van der Waals surface area contributed by atoms with Gasteiger partial charge in [0.15, 0.2) is 0 Å². The Balaban J connectivity index is 0.00000153. The molecule has 4 aromatic rings. The zero-order chi connectivity index (χ0) is 21.0. The van der Waals surface area contributed by atoms with Crippen molar-refractivity contribution in [3.8, 4) is 0 Å². The summed E-state index contributed by atoms with van der Waals surface area (Å²) in [5.74, 6) is -0.175. The molecule has 3 heterocycles. The number of rotatable bonds is 6. The first-order chi connectivity index (χ1) is 15.2. The molecule has 2 N–H and O–H groups in total. The van der Waals surface area contributed by atoms with Gasteiger partial charge in [-0.15, -0.1) is 24.8 Å². The van der Waals surface area contributed by atoms with Gasteiger partial charge in [0.25, 0.3) is 5.91 Å². The fraction of sp³-hybridized carbons (Fsp3) is 0.250. The molecule has 33 heavy (non-hydrogen) atoms. The normalized spacial score (nSPS) is 13.8. The first kappa shape index (κ1) is 24.8. The van der Waals surface area contributed by atoms with Crippen LogP contribution in [0, 0.1) is 0 Å². The zero-order valence-electron chi connectivity index (χ0n) is 18.1. The molecule has 174 valence electrons. The number of hydrogen-bond acceptors (Lipinski definition) is 5. The number of benzene rings is 2. The van der Waals surface area contributed by atoms with E-state index in [1.807, 2.05) is 54.8 Å². The molecule has 1 fully saturated rings. The summed E-state index contributed by atoms with van der Waals surface area (Å²) in [6.07, 6.45) is 5.20. The Kier molecular flexibility index (Phi) is 8.52. The number of anilines is 1. The standard InChI is InChI=1S/C24H25N5O2.2ClH/c30-24(19-13-26-29(16-19)14-18-4-2-1-3-5-18)27-21-6-7-23-22(12-21)20(17-31-23)15-28-10-8-25-9-11-28;;/h1-7,12-13,16-17,25H,8-11,14-15H2,(H,27,30);2*1H. The highest BCUT2D eigenvalue weighted by atomic mass is 35.5. The Morgan fingerprint density at radius 1 is 1.06 bits per heavy atom. The van der Waals surface area contributed by atoms with Crippen molar-refractivity contribution in [1.82, 2.24) is 20.0 Å². The average molecular weight is 488 g/mol. The molecule has 1 aliphatic rings. The van der Waals surface area contributed by atoms with E-state index in [1.54, 1.807) is 17.1 Å². The summed E-state index contributed by atoms with van der Waals surface area (Å²) in [6, 6.07) is 15.8. The quantitative estimate of drug-likeness (QED) is 0.426. The summed E-state index contributed by atoms with van der Waals surface area (Å²) in [4.78, 5) is 15.2. The van der Waals surface area contributed by atoms with Crippen molar-refractivity contribution in [3.05, 3.63) is 83.9 Å². The third-order valence-corrected chi connectivity index (χ3v) is 5.60. The molecule has 0 aliphatic carbocycles. The first-order valence-corrected chi connectivity index (χ1v) is 10.6. The highest BCUT2D eigenvalue weighted by Gasteiger charge is 2.15. The molecule has 0 spiro atoms. The van der Waals surface area contributed by atoms with E-state index in [0.717, 1.165) is 60.5 Å².